The molecule has 3 heteroatoms. The number of aryl methyl sites for hydroxylation is 1. The van der Waals surface area contributed by atoms with Crippen molar-refractivity contribution in [2.24, 2.45) is 0 Å². The zero-order chi connectivity index (χ0) is 9.97. The van der Waals surface area contributed by atoms with Gasteiger partial charge in [0.05, 0.1) is 6.04 Å². The average Bonchev–Trinajstić information content (AvgIpc) is 2.38. The van der Waals surface area contributed by atoms with Crippen molar-refractivity contribution in [3.8, 4) is 0 Å². The molecule has 2 rings (SSSR count). The summed E-state index contributed by atoms with van der Waals surface area (Å²) in [5.74, 6) is 0. The number of nitrogen functional groups attached to an aromatic ring is 1. The molecule has 1 aliphatic rings. The van der Waals surface area contributed by atoms with Gasteiger partial charge >= 0.3 is 0 Å². The molecular weight excluding hydrogens is 176 g/mol. The van der Waals surface area contributed by atoms with Gasteiger partial charge in [-0.2, -0.15) is 0 Å². The summed E-state index contributed by atoms with van der Waals surface area (Å²) in [7, 11) is 0. The number of rotatable bonds is 1. The molecule has 0 amide bonds. The van der Waals surface area contributed by atoms with E-state index in [-0.39, 0.29) is 6.04 Å². The molecule has 0 saturated carbocycles. The molecule has 1 aliphatic heterocycles. The molecule has 1 heterocycles. The summed E-state index contributed by atoms with van der Waals surface area (Å²) in [6.45, 7) is 0. The Bertz CT molecular complexity index is 349. The summed E-state index contributed by atoms with van der Waals surface area (Å²) in [6.07, 6.45) is 3.91. The van der Waals surface area contributed by atoms with Crippen LogP contribution in [0, 0.1) is 0 Å². The molecule has 74 valence electrons. The highest BCUT2D eigenvalue weighted by Crippen LogP contribution is 2.25. The van der Waals surface area contributed by atoms with Crippen LogP contribution in [0.3, 0.4) is 0 Å². The Labute approximate surface area is 83.3 Å². The maximum absolute atomic E-state index is 10.7. The van der Waals surface area contributed by atoms with E-state index >= 15 is 0 Å². The van der Waals surface area contributed by atoms with Crippen LogP contribution in [0.4, 0.5) is 11.4 Å². The number of benzene rings is 1. The Morgan fingerprint density at radius 3 is 3.14 bits per heavy atom. The standard InChI is InChI=1S/C11H14N2O/c12-9-4-5-11-8(6-9)2-1-3-10(7-14)13-11/h4-7,10,13H,1-3,12H2. The monoisotopic (exact) mass is 190 g/mol. The third-order valence-electron chi connectivity index (χ3n) is 2.60. The number of hydrogen-bond acceptors (Lipinski definition) is 3. The number of anilines is 2. The molecular formula is C11H14N2O. The maximum Gasteiger partial charge on any atom is 0.142 e. The average molecular weight is 190 g/mol. The lowest BCUT2D eigenvalue weighted by atomic mass is 10.1. The van der Waals surface area contributed by atoms with Crippen molar-refractivity contribution < 1.29 is 4.79 Å². The van der Waals surface area contributed by atoms with E-state index in [1.165, 1.54) is 5.56 Å². The Hall–Kier alpha value is -1.51. The van der Waals surface area contributed by atoms with Crippen LogP contribution in [0.5, 0.6) is 0 Å². The van der Waals surface area contributed by atoms with Crippen LogP contribution < -0.4 is 11.1 Å². The van der Waals surface area contributed by atoms with Crippen LogP contribution in [0.2, 0.25) is 0 Å². The van der Waals surface area contributed by atoms with E-state index in [0.29, 0.717) is 0 Å². The third kappa shape index (κ3) is 1.71. The van der Waals surface area contributed by atoms with Crippen molar-refractivity contribution >= 4 is 17.7 Å². The smallest absolute Gasteiger partial charge is 0.142 e. The fourth-order valence-corrected chi connectivity index (χ4v) is 1.85. The fraction of sp³-hybridized carbons (Fsp3) is 0.364. The van der Waals surface area contributed by atoms with Gasteiger partial charge in [-0.25, -0.2) is 0 Å². The van der Waals surface area contributed by atoms with E-state index in [2.05, 4.69) is 5.32 Å². The van der Waals surface area contributed by atoms with Gasteiger partial charge in [0.2, 0.25) is 0 Å². The first-order valence-electron chi connectivity index (χ1n) is 4.90. The molecule has 0 saturated heterocycles. The zero-order valence-electron chi connectivity index (χ0n) is 7.99. The van der Waals surface area contributed by atoms with Crippen molar-refractivity contribution in [2.75, 3.05) is 11.1 Å². The molecule has 0 spiro atoms. The summed E-state index contributed by atoms with van der Waals surface area (Å²) in [5, 5.41) is 3.21. The molecule has 0 aliphatic carbocycles. The van der Waals surface area contributed by atoms with Crippen molar-refractivity contribution in [1.29, 1.82) is 0 Å². The predicted octanol–water partition coefficient (Wildman–Crippen LogP) is 1.58. The second-order valence-corrected chi connectivity index (χ2v) is 3.70. The van der Waals surface area contributed by atoms with E-state index < -0.39 is 0 Å². The molecule has 0 fully saturated rings. The van der Waals surface area contributed by atoms with Gasteiger partial charge in [-0.05, 0) is 43.0 Å². The lowest BCUT2D eigenvalue weighted by Gasteiger charge is -2.11. The minimum absolute atomic E-state index is 0.0418. The normalized spacial score (nSPS) is 20.4. The summed E-state index contributed by atoms with van der Waals surface area (Å²) in [6, 6.07) is 5.75. The lowest BCUT2D eigenvalue weighted by molar-refractivity contribution is -0.108. The van der Waals surface area contributed by atoms with Gasteiger partial charge in [-0.1, -0.05) is 0 Å². The van der Waals surface area contributed by atoms with Crippen LogP contribution in [0.1, 0.15) is 18.4 Å². The van der Waals surface area contributed by atoms with Crippen LogP contribution in [0.15, 0.2) is 18.2 Å². The van der Waals surface area contributed by atoms with Crippen molar-refractivity contribution in [1.82, 2.24) is 0 Å². The van der Waals surface area contributed by atoms with Gasteiger partial charge in [0.25, 0.3) is 0 Å². The van der Waals surface area contributed by atoms with Gasteiger partial charge in [0.1, 0.15) is 6.29 Å². The summed E-state index contributed by atoms with van der Waals surface area (Å²) >= 11 is 0. The van der Waals surface area contributed by atoms with Gasteiger partial charge in [0.15, 0.2) is 0 Å². The maximum atomic E-state index is 10.7. The number of hydrogen-bond donors (Lipinski definition) is 2. The van der Waals surface area contributed by atoms with E-state index in [1.807, 2.05) is 18.2 Å². The van der Waals surface area contributed by atoms with Crippen LogP contribution >= 0.6 is 0 Å². The Morgan fingerprint density at radius 2 is 2.36 bits per heavy atom. The highest BCUT2D eigenvalue weighted by atomic mass is 16.1. The van der Waals surface area contributed by atoms with Crippen molar-refractivity contribution in [2.45, 2.75) is 25.3 Å². The first-order chi connectivity index (χ1) is 6.79. The van der Waals surface area contributed by atoms with Crippen LogP contribution in [-0.4, -0.2) is 12.3 Å². The number of fused-ring (bicyclic) bond motifs is 1. The Balaban J connectivity index is 2.31. The molecule has 3 nitrogen and oxygen atoms in total. The van der Waals surface area contributed by atoms with Crippen LogP contribution in [0.25, 0.3) is 0 Å². The molecule has 1 unspecified atom stereocenters. The van der Waals surface area contributed by atoms with E-state index in [4.69, 9.17) is 5.73 Å². The Morgan fingerprint density at radius 1 is 1.50 bits per heavy atom. The SMILES string of the molecule is Nc1ccc2c(c1)CCCC(C=O)N2. The van der Waals surface area contributed by atoms with Gasteiger partial charge in [0, 0.05) is 11.4 Å². The fourth-order valence-electron chi connectivity index (χ4n) is 1.85. The van der Waals surface area contributed by atoms with E-state index in [1.54, 1.807) is 0 Å². The zero-order valence-corrected chi connectivity index (χ0v) is 7.99. The third-order valence-corrected chi connectivity index (χ3v) is 2.60. The predicted molar refractivity (Wildman–Crippen MR) is 57.3 cm³/mol. The second kappa shape index (κ2) is 3.70. The van der Waals surface area contributed by atoms with E-state index in [0.717, 1.165) is 36.9 Å². The summed E-state index contributed by atoms with van der Waals surface area (Å²) in [4.78, 5) is 10.7. The number of carbonyl (C=O) groups is 1. The molecule has 1 atom stereocenters. The van der Waals surface area contributed by atoms with Crippen molar-refractivity contribution in [3.63, 3.8) is 0 Å². The quantitative estimate of drug-likeness (QED) is 0.522. The molecule has 0 aromatic heterocycles. The highest BCUT2D eigenvalue weighted by molar-refractivity contribution is 5.68. The van der Waals surface area contributed by atoms with E-state index in [9.17, 15) is 4.79 Å². The first kappa shape index (κ1) is 9.06. The van der Waals surface area contributed by atoms with Crippen LogP contribution in [-0.2, 0) is 11.2 Å². The second-order valence-electron chi connectivity index (χ2n) is 3.70. The van der Waals surface area contributed by atoms with Crippen molar-refractivity contribution in [3.05, 3.63) is 23.8 Å². The molecule has 14 heavy (non-hydrogen) atoms. The number of carbonyl (C=O) groups excluding carboxylic acids is 1. The minimum Gasteiger partial charge on any atom is -0.399 e. The minimum atomic E-state index is -0.0418. The molecule has 0 radical (unpaired) electrons. The van der Waals surface area contributed by atoms with Gasteiger partial charge in [-0.3, -0.25) is 0 Å². The first-order valence-corrected chi connectivity index (χ1v) is 4.90. The molecule has 1 aromatic carbocycles. The number of nitrogens with two attached hydrogens (primary N) is 1. The molecule has 0 bridgehead atoms. The largest absolute Gasteiger partial charge is 0.399 e. The van der Waals surface area contributed by atoms with Gasteiger partial charge in [-0.15, -0.1) is 0 Å². The molecule has 1 aromatic rings. The summed E-state index contributed by atoms with van der Waals surface area (Å²) < 4.78 is 0. The number of nitrogens with one attached hydrogen (secondary N) is 1. The Kier molecular flexibility index (Phi) is 2.39. The highest BCUT2D eigenvalue weighted by Gasteiger charge is 2.14. The van der Waals surface area contributed by atoms with Gasteiger partial charge < -0.3 is 15.8 Å². The number of aldehydes is 1. The summed E-state index contributed by atoms with van der Waals surface area (Å²) in [5.41, 5.74) is 8.76. The molecule has 3 N–H and O–H groups in total. The lowest BCUT2D eigenvalue weighted by Crippen LogP contribution is -2.19. The topological polar surface area (TPSA) is 55.1 Å².